The van der Waals surface area contributed by atoms with Gasteiger partial charge in [0, 0.05) is 11.6 Å². The zero-order valence-electron chi connectivity index (χ0n) is 20.4. The van der Waals surface area contributed by atoms with Gasteiger partial charge < -0.3 is 18.8 Å². The minimum Gasteiger partial charge on any atom is -0.490 e. The van der Waals surface area contributed by atoms with Crippen LogP contribution in [0.1, 0.15) is 66.4 Å². The Morgan fingerprint density at radius 3 is 2.63 bits per heavy atom. The minimum absolute atomic E-state index is 0.0499. The fraction of sp³-hybridized carbons (Fsp3) is 0.357. The van der Waals surface area contributed by atoms with E-state index < -0.39 is 6.04 Å². The second-order valence-electron chi connectivity index (χ2n) is 8.62. The van der Waals surface area contributed by atoms with Crippen molar-refractivity contribution in [1.82, 2.24) is 4.90 Å². The zero-order chi connectivity index (χ0) is 25.1. The van der Waals surface area contributed by atoms with Crippen LogP contribution in [0.15, 0.2) is 52.2 Å². The molecule has 3 aromatic rings. The van der Waals surface area contributed by atoms with E-state index in [1.165, 1.54) is 0 Å². The third-order valence-electron chi connectivity index (χ3n) is 6.16. The van der Waals surface area contributed by atoms with Gasteiger partial charge in [-0.3, -0.25) is 9.59 Å². The first-order valence-electron chi connectivity index (χ1n) is 12.0. The Kier molecular flexibility index (Phi) is 7.51. The van der Waals surface area contributed by atoms with Crippen LogP contribution >= 0.6 is 11.6 Å². The number of nitrogens with zero attached hydrogens (tertiary/aromatic N) is 1. The van der Waals surface area contributed by atoms with E-state index >= 15 is 0 Å². The van der Waals surface area contributed by atoms with Gasteiger partial charge in [0.15, 0.2) is 16.9 Å². The van der Waals surface area contributed by atoms with E-state index in [1.54, 1.807) is 23.1 Å². The summed E-state index contributed by atoms with van der Waals surface area (Å²) in [5.41, 5.74) is 1.86. The number of carbonyl (C=O) groups excluding carboxylic acids is 1. The Morgan fingerprint density at radius 2 is 1.91 bits per heavy atom. The SMILES string of the molecule is C=CCN1C(=O)c2oc3cc(C)c(Cl)cc3c(=O)c2C1c1ccc(OCCCCC)c(OCC)c1. The molecule has 1 aromatic heterocycles. The molecule has 0 saturated carbocycles. The second kappa shape index (κ2) is 10.6. The molecule has 1 aliphatic heterocycles. The highest BCUT2D eigenvalue weighted by atomic mass is 35.5. The fourth-order valence-corrected chi connectivity index (χ4v) is 4.59. The molecule has 184 valence electrons. The number of benzene rings is 2. The van der Waals surface area contributed by atoms with Crippen LogP contribution in [-0.4, -0.2) is 30.6 Å². The van der Waals surface area contributed by atoms with Gasteiger partial charge >= 0.3 is 0 Å². The Balaban J connectivity index is 1.84. The summed E-state index contributed by atoms with van der Waals surface area (Å²) in [5, 5.41) is 0.815. The standard InChI is InChI=1S/C28H30ClNO5/c1-5-8-9-13-34-21-11-10-18(15-23(21)33-7-3)25-24-26(31)19-16-20(29)17(4)14-22(19)35-27(24)28(32)30(25)12-6-2/h6,10-11,14-16,25H,2,5,7-9,12-13H2,1,3-4H3. The predicted molar refractivity (Wildman–Crippen MR) is 138 cm³/mol. The van der Waals surface area contributed by atoms with Crippen LogP contribution in [0.25, 0.3) is 11.0 Å². The van der Waals surface area contributed by atoms with Gasteiger partial charge in [-0.2, -0.15) is 0 Å². The summed E-state index contributed by atoms with van der Waals surface area (Å²) in [7, 11) is 0. The van der Waals surface area contributed by atoms with Crippen molar-refractivity contribution in [1.29, 1.82) is 0 Å². The summed E-state index contributed by atoms with van der Waals surface area (Å²) < 4.78 is 17.8. The molecule has 0 N–H and O–H groups in total. The predicted octanol–water partition coefficient (Wildman–Crippen LogP) is 6.45. The number of hydrogen-bond donors (Lipinski definition) is 0. The third kappa shape index (κ3) is 4.67. The van der Waals surface area contributed by atoms with Gasteiger partial charge in [0.05, 0.1) is 30.2 Å². The van der Waals surface area contributed by atoms with Crippen LogP contribution in [0.5, 0.6) is 11.5 Å². The molecule has 1 aliphatic rings. The largest absolute Gasteiger partial charge is 0.490 e. The van der Waals surface area contributed by atoms with E-state index in [9.17, 15) is 9.59 Å². The van der Waals surface area contributed by atoms with E-state index in [4.69, 9.17) is 25.5 Å². The number of hydrogen-bond acceptors (Lipinski definition) is 5. The smallest absolute Gasteiger partial charge is 0.291 e. The molecule has 0 saturated heterocycles. The number of ether oxygens (including phenoxy) is 2. The highest BCUT2D eigenvalue weighted by molar-refractivity contribution is 6.32. The van der Waals surface area contributed by atoms with E-state index in [2.05, 4.69) is 13.5 Å². The lowest BCUT2D eigenvalue weighted by Gasteiger charge is -2.24. The average Bonchev–Trinajstić information content (AvgIpc) is 3.11. The molecule has 7 heteroatoms. The van der Waals surface area contributed by atoms with E-state index in [1.807, 2.05) is 32.0 Å². The van der Waals surface area contributed by atoms with Gasteiger partial charge in [0.1, 0.15) is 5.58 Å². The molecule has 0 radical (unpaired) electrons. The Bertz CT molecular complexity index is 1330. The van der Waals surface area contributed by atoms with Crippen molar-refractivity contribution in [3.8, 4) is 11.5 Å². The lowest BCUT2D eigenvalue weighted by molar-refractivity contribution is 0.0748. The quantitative estimate of drug-likeness (QED) is 0.238. The summed E-state index contributed by atoms with van der Waals surface area (Å²) in [6.07, 6.45) is 4.79. The van der Waals surface area contributed by atoms with Crippen molar-refractivity contribution in [2.45, 2.75) is 46.1 Å². The van der Waals surface area contributed by atoms with Gasteiger partial charge in [0.2, 0.25) is 5.76 Å². The maximum atomic E-state index is 13.7. The highest BCUT2D eigenvalue weighted by Gasteiger charge is 2.42. The first-order valence-corrected chi connectivity index (χ1v) is 12.4. The number of fused-ring (bicyclic) bond motifs is 2. The molecule has 35 heavy (non-hydrogen) atoms. The first-order chi connectivity index (χ1) is 16.9. The van der Waals surface area contributed by atoms with E-state index in [-0.39, 0.29) is 23.6 Å². The topological polar surface area (TPSA) is 69.0 Å². The maximum absolute atomic E-state index is 13.7. The molecule has 2 aromatic carbocycles. The summed E-state index contributed by atoms with van der Waals surface area (Å²) >= 11 is 6.30. The molecule has 1 atom stereocenters. The lowest BCUT2D eigenvalue weighted by atomic mass is 9.97. The van der Waals surface area contributed by atoms with Gasteiger partial charge in [-0.25, -0.2) is 0 Å². The summed E-state index contributed by atoms with van der Waals surface area (Å²) in [6, 6.07) is 8.19. The number of rotatable bonds is 10. The fourth-order valence-electron chi connectivity index (χ4n) is 4.43. The minimum atomic E-state index is -0.649. The summed E-state index contributed by atoms with van der Waals surface area (Å²) in [4.78, 5) is 28.6. The molecule has 2 heterocycles. The highest BCUT2D eigenvalue weighted by Crippen LogP contribution is 2.41. The number of aryl methyl sites for hydroxylation is 1. The number of unbranched alkanes of at least 4 members (excludes halogenated alkanes) is 2. The van der Waals surface area contributed by atoms with Crippen LogP contribution in [-0.2, 0) is 0 Å². The van der Waals surface area contributed by atoms with Gasteiger partial charge in [-0.05, 0) is 55.7 Å². The molecule has 6 nitrogen and oxygen atoms in total. The zero-order valence-corrected chi connectivity index (χ0v) is 21.1. The van der Waals surface area contributed by atoms with Gasteiger partial charge in [-0.15, -0.1) is 6.58 Å². The molecule has 0 bridgehead atoms. The Morgan fingerprint density at radius 1 is 1.11 bits per heavy atom. The average molecular weight is 496 g/mol. The van der Waals surface area contributed by atoms with Crippen molar-refractivity contribution in [2.24, 2.45) is 0 Å². The van der Waals surface area contributed by atoms with Crippen molar-refractivity contribution < 1.29 is 18.7 Å². The number of carbonyl (C=O) groups is 1. The summed E-state index contributed by atoms with van der Waals surface area (Å²) in [6.45, 7) is 11.0. The monoisotopic (exact) mass is 495 g/mol. The number of halogens is 1. The third-order valence-corrected chi connectivity index (χ3v) is 6.57. The van der Waals surface area contributed by atoms with Crippen LogP contribution < -0.4 is 14.9 Å². The lowest BCUT2D eigenvalue weighted by Crippen LogP contribution is -2.29. The second-order valence-corrected chi connectivity index (χ2v) is 9.02. The van der Waals surface area contributed by atoms with Crippen molar-refractivity contribution >= 4 is 28.5 Å². The van der Waals surface area contributed by atoms with Gasteiger partial charge in [0.25, 0.3) is 5.91 Å². The van der Waals surface area contributed by atoms with Crippen LogP contribution in [0.4, 0.5) is 0 Å². The molecule has 0 fully saturated rings. The molecular formula is C28H30ClNO5. The van der Waals surface area contributed by atoms with Crippen molar-refractivity contribution in [2.75, 3.05) is 19.8 Å². The van der Waals surface area contributed by atoms with Crippen LogP contribution in [0.2, 0.25) is 5.02 Å². The normalized spacial score (nSPS) is 14.9. The Hall–Kier alpha value is -3.25. The summed E-state index contributed by atoms with van der Waals surface area (Å²) in [5.74, 6) is 0.910. The van der Waals surface area contributed by atoms with Crippen molar-refractivity contribution in [3.05, 3.63) is 80.7 Å². The molecular weight excluding hydrogens is 466 g/mol. The van der Waals surface area contributed by atoms with Crippen molar-refractivity contribution in [3.63, 3.8) is 0 Å². The molecule has 1 unspecified atom stereocenters. The molecule has 0 aliphatic carbocycles. The number of amides is 1. The van der Waals surface area contributed by atoms with Gasteiger partial charge in [-0.1, -0.05) is 43.5 Å². The molecule has 4 rings (SSSR count). The van der Waals surface area contributed by atoms with E-state index in [0.29, 0.717) is 46.3 Å². The molecule has 1 amide bonds. The van der Waals surface area contributed by atoms with Crippen LogP contribution in [0, 0.1) is 6.92 Å². The van der Waals surface area contributed by atoms with E-state index in [0.717, 1.165) is 30.4 Å². The Labute approximate surface area is 210 Å². The first kappa shape index (κ1) is 24.9. The van der Waals surface area contributed by atoms with Crippen LogP contribution in [0.3, 0.4) is 0 Å². The maximum Gasteiger partial charge on any atom is 0.291 e. The molecule has 0 spiro atoms.